The number of nitrogens with zero attached hydrogens (tertiary/aromatic N) is 2. The maximum atomic E-state index is 5.90. The van der Waals surface area contributed by atoms with Crippen LogP contribution < -0.4 is 5.73 Å². The Kier molecular flexibility index (Phi) is 1.51. The Balaban J connectivity index is 2.63. The number of nitrogens with two attached hydrogens (primary N) is 1. The summed E-state index contributed by atoms with van der Waals surface area (Å²) in [5.74, 6) is 1.35. The number of hydrogen-bond donors (Lipinski definition) is 1. The lowest BCUT2D eigenvalue weighted by Crippen LogP contribution is -2.27. The molecule has 2 aromatic rings. The van der Waals surface area contributed by atoms with Crippen LogP contribution in [0, 0.1) is 6.92 Å². The maximum absolute atomic E-state index is 5.90. The first-order chi connectivity index (χ1) is 5.98. The van der Waals surface area contributed by atoms with Gasteiger partial charge in [0.25, 0.3) is 0 Å². The molecule has 4 heteroatoms. The standard InChI is InChI=1S/C9H13N3O/c1-6-4-11-8-12(6)5-7(13-8)9(2,3)10/h4-5H,10H2,1-3H3. The highest BCUT2D eigenvalue weighted by molar-refractivity contribution is 5.30. The number of oxazole rings is 1. The average molecular weight is 179 g/mol. The lowest BCUT2D eigenvalue weighted by atomic mass is 10.1. The van der Waals surface area contributed by atoms with E-state index in [9.17, 15) is 0 Å². The van der Waals surface area contributed by atoms with Crippen LogP contribution in [0.25, 0.3) is 5.84 Å². The lowest BCUT2D eigenvalue weighted by Gasteiger charge is -2.13. The van der Waals surface area contributed by atoms with Gasteiger partial charge in [0, 0.05) is 5.69 Å². The molecule has 0 aliphatic carbocycles. The molecule has 0 bridgehead atoms. The van der Waals surface area contributed by atoms with Gasteiger partial charge in [-0.25, -0.2) is 4.98 Å². The molecule has 0 radical (unpaired) electrons. The Bertz CT molecular complexity index is 433. The molecule has 2 N–H and O–H groups in total. The van der Waals surface area contributed by atoms with Crippen LogP contribution in [0.2, 0.25) is 0 Å². The minimum atomic E-state index is -0.451. The number of fused-ring (bicyclic) bond motifs is 1. The second-order valence-corrected chi connectivity index (χ2v) is 3.87. The molecule has 0 saturated heterocycles. The second-order valence-electron chi connectivity index (χ2n) is 3.87. The third-order valence-corrected chi connectivity index (χ3v) is 2.03. The van der Waals surface area contributed by atoms with Crippen molar-refractivity contribution in [1.29, 1.82) is 0 Å². The monoisotopic (exact) mass is 179 g/mol. The summed E-state index contributed by atoms with van der Waals surface area (Å²) < 4.78 is 7.37. The van der Waals surface area contributed by atoms with Crippen molar-refractivity contribution in [1.82, 2.24) is 9.38 Å². The van der Waals surface area contributed by atoms with Gasteiger partial charge in [0.1, 0.15) is 5.76 Å². The fourth-order valence-corrected chi connectivity index (χ4v) is 1.20. The Morgan fingerprint density at radius 1 is 1.54 bits per heavy atom. The van der Waals surface area contributed by atoms with Gasteiger partial charge in [-0.15, -0.1) is 0 Å². The van der Waals surface area contributed by atoms with Gasteiger partial charge in [0.2, 0.25) is 0 Å². The van der Waals surface area contributed by atoms with Crippen molar-refractivity contribution in [2.45, 2.75) is 26.3 Å². The van der Waals surface area contributed by atoms with Gasteiger partial charge in [0.05, 0.1) is 17.9 Å². The van der Waals surface area contributed by atoms with E-state index in [1.54, 1.807) is 6.20 Å². The molecular weight excluding hydrogens is 166 g/mol. The fourth-order valence-electron chi connectivity index (χ4n) is 1.20. The third kappa shape index (κ3) is 1.23. The number of hydrogen-bond acceptors (Lipinski definition) is 3. The van der Waals surface area contributed by atoms with Gasteiger partial charge in [-0.1, -0.05) is 0 Å². The summed E-state index contributed by atoms with van der Waals surface area (Å²) in [6, 6.07) is 0. The summed E-state index contributed by atoms with van der Waals surface area (Å²) in [5.41, 5.74) is 6.49. The summed E-state index contributed by atoms with van der Waals surface area (Å²) in [5, 5.41) is 0. The summed E-state index contributed by atoms with van der Waals surface area (Å²) in [4.78, 5) is 4.09. The SMILES string of the molecule is Cc1cnc2oc(C(C)(C)N)cn12. The fraction of sp³-hybridized carbons (Fsp3) is 0.444. The minimum absolute atomic E-state index is 0.451. The zero-order chi connectivity index (χ0) is 9.64. The van der Waals surface area contributed by atoms with Gasteiger partial charge >= 0.3 is 5.84 Å². The van der Waals surface area contributed by atoms with E-state index in [1.807, 2.05) is 31.4 Å². The van der Waals surface area contributed by atoms with Gasteiger partial charge in [-0.3, -0.25) is 4.40 Å². The van der Waals surface area contributed by atoms with Crippen LogP contribution in [0.15, 0.2) is 16.8 Å². The molecule has 0 fully saturated rings. The molecule has 2 heterocycles. The molecular formula is C9H13N3O. The topological polar surface area (TPSA) is 56.5 Å². The second kappa shape index (κ2) is 2.35. The quantitative estimate of drug-likeness (QED) is 0.720. The van der Waals surface area contributed by atoms with Gasteiger partial charge < -0.3 is 10.2 Å². The number of aryl methyl sites for hydroxylation is 1. The Morgan fingerprint density at radius 3 is 2.77 bits per heavy atom. The van der Waals surface area contributed by atoms with Crippen LogP contribution in [0.3, 0.4) is 0 Å². The van der Waals surface area contributed by atoms with E-state index >= 15 is 0 Å². The highest BCUT2D eigenvalue weighted by Gasteiger charge is 2.20. The molecule has 0 amide bonds. The zero-order valence-corrected chi connectivity index (χ0v) is 8.03. The summed E-state index contributed by atoms with van der Waals surface area (Å²) in [6.45, 7) is 5.78. The molecule has 70 valence electrons. The lowest BCUT2D eigenvalue weighted by molar-refractivity contribution is 0.409. The molecule has 13 heavy (non-hydrogen) atoms. The van der Waals surface area contributed by atoms with Crippen LogP contribution in [-0.4, -0.2) is 9.38 Å². The van der Waals surface area contributed by atoms with Gasteiger partial charge in [-0.2, -0.15) is 0 Å². The third-order valence-electron chi connectivity index (χ3n) is 2.03. The zero-order valence-electron chi connectivity index (χ0n) is 8.03. The van der Waals surface area contributed by atoms with Crippen LogP contribution in [0.4, 0.5) is 0 Å². The van der Waals surface area contributed by atoms with Gasteiger partial charge in [-0.05, 0) is 20.8 Å². The Morgan fingerprint density at radius 2 is 2.23 bits per heavy atom. The molecule has 0 aromatic carbocycles. The van der Waals surface area contributed by atoms with Crippen molar-refractivity contribution in [2.75, 3.05) is 0 Å². The molecule has 2 aromatic heterocycles. The summed E-state index contributed by atoms with van der Waals surface area (Å²) >= 11 is 0. The van der Waals surface area contributed by atoms with Crippen molar-refractivity contribution < 1.29 is 4.42 Å². The molecule has 0 aliphatic heterocycles. The highest BCUT2D eigenvalue weighted by Crippen LogP contribution is 2.20. The van der Waals surface area contributed by atoms with Crippen LogP contribution in [0.1, 0.15) is 25.3 Å². The predicted octanol–water partition coefficient (Wildman–Crippen LogP) is 1.43. The number of imidazole rings is 1. The highest BCUT2D eigenvalue weighted by atomic mass is 16.4. The first kappa shape index (κ1) is 8.31. The molecule has 0 aliphatic rings. The van der Waals surface area contributed by atoms with Crippen molar-refractivity contribution in [2.24, 2.45) is 5.73 Å². The van der Waals surface area contributed by atoms with E-state index in [0.717, 1.165) is 11.5 Å². The molecule has 0 spiro atoms. The van der Waals surface area contributed by atoms with E-state index in [1.165, 1.54) is 0 Å². The normalized spacial score (nSPS) is 12.6. The Labute approximate surface area is 76.4 Å². The largest absolute Gasteiger partial charge is 0.426 e. The smallest absolute Gasteiger partial charge is 0.306 e. The van der Waals surface area contributed by atoms with E-state index in [0.29, 0.717) is 5.84 Å². The first-order valence-corrected chi connectivity index (χ1v) is 4.21. The van der Waals surface area contributed by atoms with E-state index in [4.69, 9.17) is 10.2 Å². The van der Waals surface area contributed by atoms with Crippen molar-refractivity contribution in [3.05, 3.63) is 23.8 Å². The number of aromatic nitrogens is 2. The Hall–Kier alpha value is -1.29. The van der Waals surface area contributed by atoms with Crippen LogP contribution in [0.5, 0.6) is 0 Å². The van der Waals surface area contributed by atoms with Crippen LogP contribution in [-0.2, 0) is 5.54 Å². The van der Waals surface area contributed by atoms with Crippen molar-refractivity contribution >= 4 is 5.84 Å². The van der Waals surface area contributed by atoms with E-state index < -0.39 is 5.54 Å². The van der Waals surface area contributed by atoms with Crippen molar-refractivity contribution in [3.63, 3.8) is 0 Å². The average Bonchev–Trinajstić information content (AvgIpc) is 2.51. The molecule has 4 nitrogen and oxygen atoms in total. The van der Waals surface area contributed by atoms with E-state index in [2.05, 4.69) is 4.98 Å². The van der Waals surface area contributed by atoms with E-state index in [-0.39, 0.29) is 0 Å². The molecule has 0 atom stereocenters. The van der Waals surface area contributed by atoms with Crippen LogP contribution >= 0.6 is 0 Å². The molecule has 2 rings (SSSR count). The first-order valence-electron chi connectivity index (χ1n) is 4.21. The minimum Gasteiger partial charge on any atom is -0.426 e. The summed E-state index contributed by atoms with van der Waals surface area (Å²) in [6.07, 6.45) is 3.66. The number of rotatable bonds is 1. The molecule has 0 saturated carbocycles. The predicted molar refractivity (Wildman–Crippen MR) is 49.4 cm³/mol. The molecule has 0 unspecified atom stereocenters. The van der Waals surface area contributed by atoms with Gasteiger partial charge in [0.15, 0.2) is 0 Å². The maximum Gasteiger partial charge on any atom is 0.306 e. The van der Waals surface area contributed by atoms with Crippen molar-refractivity contribution in [3.8, 4) is 0 Å². The summed E-state index contributed by atoms with van der Waals surface area (Å²) in [7, 11) is 0.